The number of rotatable bonds is 3. The van der Waals surface area contributed by atoms with Crippen LogP contribution in [0.25, 0.3) is 0 Å². The molecule has 0 heterocycles. The van der Waals surface area contributed by atoms with Crippen LogP contribution in [-0.4, -0.2) is 23.9 Å². The molecule has 1 atom stereocenters. The zero-order valence-corrected chi connectivity index (χ0v) is 11.2. The fourth-order valence-electron chi connectivity index (χ4n) is 2.19. The van der Waals surface area contributed by atoms with Crippen LogP contribution in [0.4, 0.5) is 17.6 Å². The Hall–Kier alpha value is -1.59. The topological polar surface area (TPSA) is 20.3 Å². The van der Waals surface area contributed by atoms with Crippen molar-refractivity contribution in [1.82, 2.24) is 4.90 Å². The van der Waals surface area contributed by atoms with E-state index in [1.165, 1.54) is 11.9 Å². The summed E-state index contributed by atoms with van der Waals surface area (Å²) in [7, 11) is 1.49. The quantitative estimate of drug-likeness (QED) is 0.777. The molecule has 0 aliphatic heterocycles. The van der Waals surface area contributed by atoms with Crippen molar-refractivity contribution >= 4 is 5.91 Å². The number of carbonyl (C=O) groups is 1. The van der Waals surface area contributed by atoms with E-state index in [0.717, 1.165) is 25.0 Å². The summed E-state index contributed by atoms with van der Waals surface area (Å²) in [6.07, 6.45) is -2.82. The zero-order valence-electron chi connectivity index (χ0n) is 11.2. The highest BCUT2D eigenvalue weighted by Crippen LogP contribution is 2.36. The lowest BCUT2D eigenvalue weighted by molar-refractivity contribution is -0.140. The van der Waals surface area contributed by atoms with Gasteiger partial charge in [0.05, 0.1) is 11.1 Å². The van der Waals surface area contributed by atoms with E-state index in [4.69, 9.17) is 0 Å². The van der Waals surface area contributed by atoms with E-state index >= 15 is 0 Å². The highest BCUT2D eigenvalue weighted by atomic mass is 19.4. The maximum Gasteiger partial charge on any atom is 0.419 e. The van der Waals surface area contributed by atoms with E-state index in [2.05, 4.69) is 0 Å². The molecule has 1 aliphatic rings. The average Bonchev–Trinajstić information content (AvgIpc) is 3.19. The first-order valence-electron chi connectivity index (χ1n) is 6.36. The second-order valence-electron chi connectivity index (χ2n) is 5.16. The first kappa shape index (κ1) is 14.8. The maximum absolute atomic E-state index is 13.9. The van der Waals surface area contributed by atoms with Crippen molar-refractivity contribution in [1.29, 1.82) is 0 Å². The van der Waals surface area contributed by atoms with Crippen molar-refractivity contribution < 1.29 is 22.4 Å². The van der Waals surface area contributed by atoms with Crippen LogP contribution in [0, 0.1) is 11.7 Å². The first-order chi connectivity index (χ1) is 9.23. The largest absolute Gasteiger partial charge is 0.419 e. The molecule has 1 fully saturated rings. The van der Waals surface area contributed by atoms with E-state index in [1.807, 2.05) is 6.92 Å². The Morgan fingerprint density at radius 2 is 1.95 bits per heavy atom. The molecule has 20 heavy (non-hydrogen) atoms. The van der Waals surface area contributed by atoms with Gasteiger partial charge in [-0.3, -0.25) is 4.79 Å². The SMILES string of the molecule is CC(C1CC1)N(C)C(=O)c1cccc(C(F)(F)F)c1F. The molecule has 2 nitrogen and oxygen atoms in total. The smallest absolute Gasteiger partial charge is 0.339 e. The molecule has 0 spiro atoms. The van der Waals surface area contributed by atoms with Crippen molar-refractivity contribution in [3.63, 3.8) is 0 Å². The van der Waals surface area contributed by atoms with E-state index in [0.29, 0.717) is 12.0 Å². The van der Waals surface area contributed by atoms with Gasteiger partial charge in [0.15, 0.2) is 0 Å². The minimum atomic E-state index is -4.80. The van der Waals surface area contributed by atoms with E-state index in [-0.39, 0.29) is 6.04 Å². The molecule has 1 saturated carbocycles. The predicted octanol–water partition coefficient (Wildman–Crippen LogP) is 3.72. The molecule has 1 amide bonds. The highest BCUT2D eigenvalue weighted by molar-refractivity contribution is 5.94. The van der Waals surface area contributed by atoms with Crippen molar-refractivity contribution in [3.8, 4) is 0 Å². The number of hydrogen-bond acceptors (Lipinski definition) is 1. The number of halogens is 4. The van der Waals surface area contributed by atoms with Crippen LogP contribution in [0.15, 0.2) is 18.2 Å². The number of amides is 1. The molecule has 0 saturated heterocycles. The summed E-state index contributed by atoms with van der Waals surface area (Å²) in [4.78, 5) is 13.5. The lowest BCUT2D eigenvalue weighted by Gasteiger charge is -2.25. The standard InChI is InChI=1S/C14H15F4NO/c1-8(9-6-7-9)19(2)13(20)10-4-3-5-11(12(10)15)14(16,17)18/h3-5,8-9H,6-7H2,1-2H3. The molecular weight excluding hydrogens is 274 g/mol. The number of nitrogens with zero attached hydrogens (tertiary/aromatic N) is 1. The normalized spacial score (nSPS) is 16.9. The Morgan fingerprint density at radius 3 is 2.45 bits per heavy atom. The van der Waals surface area contributed by atoms with Gasteiger partial charge in [0.25, 0.3) is 5.91 Å². The molecular formula is C14H15F4NO. The zero-order chi connectivity index (χ0) is 15.1. The van der Waals surface area contributed by atoms with Crippen molar-refractivity contribution in [3.05, 3.63) is 35.1 Å². The van der Waals surface area contributed by atoms with E-state index < -0.39 is 29.0 Å². The third kappa shape index (κ3) is 2.78. The number of alkyl halides is 3. The lowest BCUT2D eigenvalue weighted by atomic mass is 10.1. The summed E-state index contributed by atoms with van der Waals surface area (Å²) in [5, 5.41) is 0. The molecule has 1 aromatic carbocycles. The van der Waals surface area contributed by atoms with Gasteiger partial charge in [-0.15, -0.1) is 0 Å². The van der Waals surface area contributed by atoms with Gasteiger partial charge in [-0.1, -0.05) is 6.07 Å². The Kier molecular flexibility index (Phi) is 3.75. The monoisotopic (exact) mass is 289 g/mol. The van der Waals surface area contributed by atoms with Crippen LogP contribution in [-0.2, 0) is 6.18 Å². The van der Waals surface area contributed by atoms with Crippen molar-refractivity contribution in [2.75, 3.05) is 7.05 Å². The fraction of sp³-hybridized carbons (Fsp3) is 0.500. The Morgan fingerprint density at radius 1 is 1.35 bits per heavy atom. The molecule has 6 heteroatoms. The van der Waals surface area contributed by atoms with Crippen LogP contribution < -0.4 is 0 Å². The second-order valence-corrected chi connectivity index (χ2v) is 5.16. The fourth-order valence-corrected chi connectivity index (χ4v) is 2.19. The van der Waals surface area contributed by atoms with Gasteiger partial charge < -0.3 is 4.90 Å². The third-order valence-corrected chi connectivity index (χ3v) is 3.77. The van der Waals surface area contributed by atoms with Crippen molar-refractivity contribution in [2.45, 2.75) is 32.0 Å². The molecule has 1 unspecified atom stereocenters. The van der Waals surface area contributed by atoms with Crippen LogP contribution in [0.2, 0.25) is 0 Å². The van der Waals surface area contributed by atoms with Gasteiger partial charge in [0.1, 0.15) is 5.82 Å². The second kappa shape index (κ2) is 5.07. The van der Waals surface area contributed by atoms with Crippen LogP contribution in [0.5, 0.6) is 0 Å². The Balaban J connectivity index is 2.30. The third-order valence-electron chi connectivity index (χ3n) is 3.77. The van der Waals surface area contributed by atoms with E-state index in [1.54, 1.807) is 0 Å². The van der Waals surface area contributed by atoms with Gasteiger partial charge in [-0.2, -0.15) is 13.2 Å². The average molecular weight is 289 g/mol. The molecule has 2 rings (SSSR count). The molecule has 0 aromatic heterocycles. The summed E-state index contributed by atoms with van der Waals surface area (Å²) < 4.78 is 51.8. The summed E-state index contributed by atoms with van der Waals surface area (Å²) >= 11 is 0. The van der Waals surface area contributed by atoms with Crippen LogP contribution in [0.1, 0.15) is 35.7 Å². The first-order valence-corrected chi connectivity index (χ1v) is 6.36. The summed E-state index contributed by atoms with van der Waals surface area (Å²) in [6, 6.07) is 2.67. The van der Waals surface area contributed by atoms with Crippen LogP contribution >= 0.6 is 0 Å². The predicted molar refractivity (Wildman–Crippen MR) is 65.7 cm³/mol. The number of benzene rings is 1. The highest BCUT2D eigenvalue weighted by Gasteiger charge is 2.37. The Bertz CT molecular complexity index is 522. The number of carbonyl (C=O) groups excluding carboxylic acids is 1. The molecule has 1 aromatic rings. The Labute approximate surface area is 114 Å². The maximum atomic E-state index is 13.9. The van der Waals surface area contributed by atoms with Crippen molar-refractivity contribution in [2.24, 2.45) is 5.92 Å². The van der Waals surface area contributed by atoms with Gasteiger partial charge in [0, 0.05) is 13.1 Å². The molecule has 1 aliphatic carbocycles. The molecule has 0 bridgehead atoms. The van der Waals surface area contributed by atoms with E-state index in [9.17, 15) is 22.4 Å². The van der Waals surface area contributed by atoms with Crippen LogP contribution in [0.3, 0.4) is 0 Å². The van der Waals surface area contributed by atoms with Gasteiger partial charge in [0.2, 0.25) is 0 Å². The summed E-state index contributed by atoms with van der Waals surface area (Å²) in [5.41, 5.74) is -1.94. The summed E-state index contributed by atoms with van der Waals surface area (Å²) in [6.45, 7) is 1.82. The number of hydrogen-bond donors (Lipinski definition) is 0. The molecule has 0 radical (unpaired) electrons. The molecule has 0 N–H and O–H groups in total. The van der Waals surface area contributed by atoms with Gasteiger partial charge in [-0.25, -0.2) is 4.39 Å². The van der Waals surface area contributed by atoms with Gasteiger partial charge >= 0.3 is 6.18 Å². The minimum Gasteiger partial charge on any atom is -0.339 e. The minimum absolute atomic E-state index is 0.101. The molecule has 110 valence electrons. The lowest BCUT2D eigenvalue weighted by Crippen LogP contribution is -2.37. The summed E-state index contributed by atoms with van der Waals surface area (Å²) in [5.74, 6) is -1.86. The van der Waals surface area contributed by atoms with Gasteiger partial charge in [-0.05, 0) is 37.8 Å².